The summed E-state index contributed by atoms with van der Waals surface area (Å²) in [7, 11) is 1.40. The van der Waals surface area contributed by atoms with E-state index in [-0.39, 0.29) is 105 Å². The predicted octanol–water partition coefficient (Wildman–Crippen LogP) is 1.41. The molecule has 4 rings (SSSR count). The largest absolute Gasteiger partial charge is 1.00 e. The molecule has 0 aromatic heterocycles. The molecule has 0 saturated carbocycles. The van der Waals surface area contributed by atoms with Gasteiger partial charge in [0.15, 0.2) is 0 Å². The molecule has 2 N–H and O–H groups in total. The van der Waals surface area contributed by atoms with Crippen LogP contribution < -0.4 is 51.4 Å². The molecule has 0 radical (unpaired) electrons. The van der Waals surface area contributed by atoms with Gasteiger partial charge in [0.25, 0.3) is 0 Å². The van der Waals surface area contributed by atoms with E-state index in [2.05, 4.69) is 0 Å². The van der Waals surface area contributed by atoms with Crippen molar-refractivity contribution in [1.29, 1.82) is 0 Å². The summed E-state index contributed by atoms with van der Waals surface area (Å²) in [6, 6.07) is 0.151. The summed E-state index contributed by atoms with van der Waals surface area (Å²) in [6.45, 7) is 11.0. The average molecular weight is 581 g/mol. The smallest absolute Gasteiger partial charge is 0.870 e. The van der Waals surface area contributed by atoms with Crippen LogP contribution in [0, 0.1) is 11.8 Å². The van der Waals surface area contributed by atoms with Crippen molar-refractivity contribution in [1.82, 2.24) is 9.80 Å². The van der Waals surface area contributed by atoms with Crippen molar-refractivity contribution in [3.8, 4) is 0 Å². The van der Waals surface area contributed by atoms with Crippen molar-refractivity contribution < 1.29 is 95.4 Å². The van der Waals surface area contributed by atoms with Gasteiger partial charge in [0.1, 0.15) is 11.2 Å². The second-order valence-corrected chi connectivity index (χ2v) is 12.6. The molecule has 2 amide bonds. The first-order valence-corrected chi connectivity index (χ1v) is 13.5. The van der Waals surface area contributed by atoms with E-state index in [0.717, 1.165) is 44.9 Å². The van der Waals surface area contributed by atoms with Crippen LogP contribution in [0.4, 0.5) is 9.59 Å². The van der Waals surface area contributed by atoms with Crippen LogP contribution in [0.15, 0.2) is 0 Å². The van der Waals surface area contributed by atoms with Crippen molar-refractivity contribution in [2.75, 3.05) is 7.11 Å². The Bertz CT molecular complexity index is 885. The molecule has 4 heterocycles. The van der Waals surface area contributed by atoms with Crippen LogP contribution >= 0.6 is 0 Å². The number of hydrogen-bond acceptors (Lipinski definition) is 8. The molecule has 39 heavy (non-hydrogen) atoms. The van der Waals surface area contributed by atoms with Crippen LogP contribution in [0.2, 0.25) is 0 Å². The minimum atomic E-state index is -0.797. The van der Waals surface area contributed by atoms with Gasteiger partial charge in [-0.05, 0) is 92.9 Å². The maximum Gasteiger partial charge on any atom is 1.00 e. The molecule has 6 atom stereocenters. The predicted molar refractivity (Wildman–Crippen MR) is 137 cm³/mol. The van der Waals surface area contributed by atoms with Gasteiger partial charge in [0.2, 0.25) is 0 Å². The van der Waals surface area contributed by atoms with Gasteiger partial charge in [-0.15, -0.1) is 0 Å². The zero-order valence-electron chi connectivity index (χ0n) is 24.8. The summed E-state index contributed by atoms with van der Waals surface area (Å²) < 4.78 is 15.7. The number of carbonyl (C=O) groups excluding carboxylic acids is 3. The van der Waals surface area contributed by atoms with E-state index in [9.17, 15) is 24.3 Å². The third kappa shape index (κ3) is 9.03. The number of esters is 1. The second-order valence-electron chi connectivity index (χ2n) is 12.6. The van der Waals surface area contributed by atoms with E-state index >= 15 is 0 Å². The minimum Gasteiger partial charge on any atom is -0.870 e. The number of piperidine rings is 2. The number of aliphatic carboxylic acids is 1. The van der Waals surface area contributed by atoms with Gasteiger partial charge in [-0.3, -0.25) is 9.59 Å². The number of carboxylic acid groups (broad SMARTS) is 1. The molecular formula is C27H45KN2O9. The molecule has 4 fully saturated rings. The Morgan fingerprint density at radius 2 is 1.03 bits per heavy atom. The first-order valence-electron chi connectivity index (χ1n) is 13.5. The molecule has 0 aliphatic carbocycles. The third-order valence-electron chi connectivity index (χ3n) is 7.67. The van der Waals surface area contributed by atoms with Gasteiger partial charge in [-0.1, -0.05) is 0 Å². The number of ether oxygens (including phenoxy) is 3. The maximum atomic E-state index is 12.3. The molecule has 12 heteroatoms. The van der Waals surface area contributed by atoms with Gasteiger partial charge in [-0.25, -0.2) is 9.59 Å². The Balaban J connectivity index is 0.000000371. The summed E-state index contributed by atoms with van der Waals surface area (Å²) in [6.07, 6.45) is 5.94. The van der Waals surface area contributed by atoms with Crippen LogP contribution in [-0.2, 0) is 23.8 Å². The second kappa shape index (κ2) is 14.3. The Kier molecular flexibility index (Phi) is 13.2. The molecule has 4 aliphatic heterocycles. The van der Waals surface area contributed by atoms with E-state index in [4.69, 9.17) is 14.2 Å². The van der Waals surface area contributed by atoms with Gasteiger partial charge in [0.05, 0.1) is 18.9 Å². The van der Waals surface area contributed by atoms with Crippen LogP contribution in [0.25, 0.3) is 0 Å². The minimum absolute atomic E-state index is 0. The number of fused-ring (bicyclic) bond motifs is 4. The molecule has 4 aliphatic rings. The Morgan fingerprint density at radius 1 is 0.667 bits per heavy atom. The monoisotopic (exact) mass is 580 g/mol. The van der Waals surface area contributed by atoms with Crippen molar-refractivity contribution in [2.45, 2.75) is 128 Å². The fraction of sp³-hybridized carbons (Fsp3) is 0.852. The van der Waals surface area contributed by atoms with Crippen LogP contribution in [0.5, 0.6) is 0 Å². The van der Waals surface area contributed by atoms with E-state index in [1.54, 1.807) is 9.80 Å². The third-order valence-corrected chi connectivity index (χ3v) is 7.67. The standard InChI is InChI=1S/C14H23NO4.C13H21NO4.K.H2O/c1-14(2,3)19-13(17)15-9-5-7-10(12(16)18-4)11(15)8-6-9;1-13(2,3)18-12(17)14-8-4-6-9(11(15)16)10(14)7-5-8;;/h9-11H,5-8H2,1-4H3;8-10H,4-7H2,1-3H3,(H,15,16);;1H2/q;;+1;/p-1. The van der Waals surface area contributed by atoms with E-state index < -0.39 is 23.1 Å². The van der Waals surface area contributed by atoms with Gasteiger partial charge in [-0.2, -0.15) is 0 Å². The molecule has 11 nitrogen and oxygen atoms in total. The Morgan fingerprint density at radius 3 is 1.38 bits per heavy atom. The normalized spacial score (nSPS) is 29.1. The fourth-order valence-corrected chi connectivity index (χ4v) is 6.22. The van der Waals surface area contributed by atoms with E-state index in [1.165, 1.54) is 7.11 Å². The summed E-state index contributed by atoms with van der Waals surface area (Å²) in [5, 5.41) is 9.21. The summed E-state index contributed by atoms with van der Waals surface area (Å²) in [5.41, 5.74) is -1.04. The molecule has 6 unspecified atom stereocenters. The molecule has 0 aromatic carbocycles. The number of amides is 2. The molecule has 4 saturated heterocycles. The zero-order valence-corrected chi connectivity index (χ0v) is 27.9. The zero-order chi connectivity index (χ0) is 27.7. The number of carboxylic acids is 1. The van der Waals surface area contributed by atoms with Crippen molar-refractivity contribution in [3.05, 3.63) is 0 Å². The Hall–Kier alpha value is -0.924. The SMILES string of the molecule is CC(C)(C)OC(=O)N1C2CCC(C(=O)O)C1CC2.COC(=O)C1CCC2CCC1N2C(=O)OC(C)(C)C.[K+].[OH-]. The fourth-order valence-electron chi connectivity index (χ4n) is 6.22. The molecule has 218 valence electrons. The van der Waals surface area contributed by atoms with Crippen LogP contribution in [0.1, 0.15) is 92.9 Å². The average Bonchev–Trinajstić information content (AvgIpc) is 3.24. The van der Waals surface area contributed by atoms with Crippen molar-refractivity contribution in [3.63, 3.8) is 0 Å². The Labute approximate surface area is 274 Å². The maximum absolute atomic E-state index is 12.3. The van der Waals surface area contributed by atoms with Gasteiger partial charge < -0.3 is 34.6 Å². The van der Waals surface area contributed by atoms with Gasteiger partial charge >= 0.3 is 75.5 Å². The van der Waals surface area contributed by atoms with Crippen molar-refractivity contribution in [2.24, 2.45) is 11.8 Å². The molecular weight excluding hydrogens is 535 g/mol. The number of rotatable bonds is 2. The first kappa shape index (κ1) is 36.1. The number of carbonyl (C=O) groups is 4. The molecule has 0 aromatic rings. The first-order chi connectivity index (χ1) is 17.1. The van der Waals surface area contributed by atoms with Crippen LogP contribution in [0.3, 0.4) is 0 Å². The molecule has 0 spiro atoms. The number of hydrogen-bond donors (Lipinski definition) is 1. The summed E-state index contributed by atoms with van der Waals surface area (Å²) in [5.74, 6) is -1.64. The number of nitrogens with zero attached hydrogens (tertiary/aromatic N) is 2. The summed E-state index contributed by atoms with van der Waals surface area (Å²) >= 11 is 0. The van der Waals surface area contributed by atoms with Crippen LogP contribution in [-0.4, -0.2) is 87.0 Å². The molecule has 4 bridgehead atoms. The quantitative estimate of drug-likeness (QED) is 0.290. The van der Waals surface area contributed by atoms with Gasteiger partial charge in [0, 0.05) is 24.2 Å². The summed E-state index contributed by atoms with van der Waals surface area (Å²) in [4.78, 5) is 50.9. The van der Waals surface area contributed by atoms with E-state index in [1.807, 2.05) is 41.5 Å². The van der Waals surface area contributed by atoms with Crippen molar-refractivity contribution >= 4 is 24.1 Å². The van der Waals surface area contributed by atoms with E-state index in [0.29, 0.717) is 6.42 Å². The topological polar surface area (TPSA) is 153 Å². The number of methoxy groups -OCH3 is 1.